The van der Waals surface area contributed by atoms with Gasteiger partial charge in [0.1, 0.15) is 0 Å². The first-order valence-electron chi connectivity index (χ1n) is 9.15. The molecular formula is C20H31NO2. The Labute approximate surface area is 140 Å². The lowest BCUT2D eigenvalue weighted by Gasteiger charge is -2.43. The zero-order chi connectivity index (χ0) is 16.8. The van der Waals surface area contributed by atoms with Crippen molar-refractivity contribution in [1.82, 2.24) is 4.90 Å². The predicted molar refractivity (Wildman–Crippen MR) is 93.0 cm³/mol. The lowest BCUT2D eigenvalue weighted by molar-refractivity contribution is -0.142. The summed E-state index contributed by atoms with van der Waals surface area (Å²) in [6, 6.07) is 0.212. The van der Waals surface area contributed by atoms with Crippen LogP contribution in [0.25, 0.3) is 0 Å². The number of carbonyl (C=O) groups excluding carboxylic acids is 1. The van der Waals surface area contributed by atoms with Crippen LogP contribution in [0, 0.1) is 22.7 Å². The van der Waals surface area contributed by atoms with Crippen LogP contribution in [0.2, 0.25) is 0 Å². The summed E-state index contributed by atoms with van der Waals surface area (Å²) in [7, 11) is 0. The van der Waals surface area contributed by atoms with Gasteiger partial charge in [-0.15, -0.1) is 0 Å². The van der Waals surface area contributed by atoms with Crippen LogP contribution >= 0.6 is 0 Å². The molecule has 2 bridgehead atoms. The predicted octanol–water partition coefficient (Wildman–Crippen LogP) is 3.81. The van der Waals surface area contributed by atoms with E-state index in [-0.39, 0.29) is 34.8 Å². The second kappa shape index (κ2) is 5.77. The number of rotatable bonds is 5. The Bertz CT molecular complexity index is 524. The summed E-state index contributed by atoms with van der Waals surface area (Å²) in [6.07, 6.45) is 10.5. The number of fused-ring (bicyclic) bond motifs is 2. The number of hydrogen-bond acceptors (Lipinski definition) is 2. The van der Waals surface area contributed by atoms with Crippen LogP contribution in [-0.4, -0.2) is 36.1 Å². The molecule has 1 amide bonds. The zero-order valence-corrected chi connectivity index (χ0v) is 15.2. The van der Waals surface area contributed by atoms with E-state index in [4.69, 9.17) is 4.74 Å². The molecule has 0 aromatic heterocycles. The van der Waals surface area contributed by atoms with Gasteiger partial charge in [-0.2, -0.15) is 0 Å². The highest BCUT2D eigenvalue weighted by Crippen LogP contribution is 2.67. The molecule has 0 aliphatic heterocycles. The molecule has 3 rings (SSSR count). The minimum absolute atomic E-state index is 0.0905. The van der Waals surface area contributed by atoms with Crippen molar-refractivity contribution >= 4 is 5.91 Å². The molecule has 23 heavy (non-hydrogen) atoms. The Morgan fingerprint density at radius 3 is 2.43 bits per heavy atom. The van der Waals surface area contributed by atoms with Gasteiger partial charge in [-0.1, -0.05) is 45.1 Å². The normalized spacial score (nSPS) is 37.7. The Morgan fingerprint density at radius 2 is 1.87 bits per heavy atom. The summed E-state index contributed by atoms with van der Waals surface area (Å²) in [5.74, 6) is 0.675. The Morgan fingerprint density at radius 1 is 1.22 bits per heavy atom. The number of carbonyl (C=O) groups is 1. The Hall–Kier alpha value is -1.09. The molecule has 3 aliphatic carbocycles. The van der Waals surface area contributed by atoms with Crippen LogP contribution < -0.4 is 0 Å². The fourth-order valence-corrected chi connectivity index (χ4v) is 5.40. The number of allylic oxidation sites excluding steroid dienone is 2. The van der Waals surface area contributed by atoms with Gasteiger partial charge in [0.05, 0.1) is 18.1 Å². The van der Waals surface area contributed by atoms with Gasteiger partial charge >= 0.3 is 0 Å². The van der Waals surface area contributed by atoms with Crippen LogP contribution in [0.3, 0.4) is 0 Å². The molecule has 128 valence electrons. The zero-order valence-electron chi connectivity index (χ0n) is 15.2. The third-order valence-electron chi connectivity index (χ3n) is 7.09. The standard InChI is InChI=1S/C20H31NO2/c1-6-21(18(22)14-10-8-9-11-14)16-15-12-13-20(5,19(15,3)4)17(16)23-7-2/h8-11,14-17H,6-7,12-13H2,1-5H3/t15-,16-,17-,20+/m1/s1. The fourth-order valence-electron chi connectivity index (χ4n) is 5.40. The van der Waals surface area contributed by atoms with Crippen LogP contribution in [0.5, 0.6) is 0 Å². The molecule has 3 nitrogen and oxygen atoms in total. The summed E-state index contributed by atoms with van der Waals surface area (Å²) in [5, 5.41) is 0. The minimum Gasteiger partial charge on any atom is -0.376 e. The van der Waals surface area contributed by atoms with Crippen molar-refractivity contribution < 1.29 is 9.53 Å². The number of ether oxygens (including phenoxy) is 1. The van der Waals surface area contributed by atoms with Gasteiger partial charge in [0.15, 0.2) is 0 Å². The van der Waals surface area contributed by atoms with Crippen molar-refractivity contribution in [2.24, 2.45) is 22.7 Å². The fraction of sp³-hybridized carbons (Fsp3) is 0.750. The van der Waals surface area contributed by atoms with E-state index in [9.17, 15) is 4.79 Å². The van der Waals surface area contributed by atoms with E-state index in [0.29, 0.717) is 12.5 Å². The van der Waals surface area contributed by atoms with Crippen molar-refractivity contribution in [3.05, 3.63) is 24.3 Å². The van der Waals surface area contributed by atoms with Crippen LogP contribution in [0.4, 0.5) is 0 Å². The highest BCUT2D eigenvalue weighted by molar-refractivity contribution is 5.83. The molecule has 0 spiro atoms. The first kappa shape index (κ1) is 16.8. The maximum atomic E-state index is 13.1. The lowest BCUT2D eigenvalue weighted by Crippen LogP contribution is -2.53. The summed E-state index contributed by atoms with van der Waals surface area (Å²) in [4.78, 5) is 15.2. The second-order valence-electron chi connectivity index (χ2n) is 8.07. The number of likely N-dealkylation sites (N-methyl/N-ethyl adjacent to an activating group) is 1. The lowest BCUT2D eigenvalue weighted by atomic mass is 9.70. The maximum absolute atomic E-state index is 13.1. The van der Waals surface area contributed by atoms with Crippen molar-refractivity contribution in [2.75, 3.05) is 13.2 Å². The van der Waals surface area contributed by atoms with Crippen molar-refractivity contribution in [2.45, 2.75) is 59.6 Å². The van der Waals surface area contributed by atoms with Gasteiger partial charge in [0.2, 0.25) is 5.91 Å². The molecule has 4 atom stereocenters. The smallest absolute Gasteiger partial charge is 0.233 e. The van der Waals surface area contributed by atoms with Crippen molar-refractivity contribution in [3.8, 4) is 0 Å². The summed E-state index contributed by atoms with van der Waals surface area (Å²) < 4.78 is 6.25. The molecular weight excluding hydrogens is 286 g/mol. The Balaban J connectivity index is 1.94. The average Bonchev–Trinajstić information content (AvgIpc) is 3.15. The molecule has 0 N–H and O–H groups in total. The van der Waals surface area contributed by atoms with E-state index in [2.05, 4.69) is 39.5 Å². The first-order chi connectivity index (χ1) is 10.9. The molecule has 0 unspecified atom stereocenters. The van der Waals surface area contributed by atoms with E-state index in [0.717, 1.165) is 6.54 Å². The highest BCUT2D eigenvalue weighted by atomic mass is 16.5. The van der Waals surface area contributed by atoms with Gasteiger partial charge in [0, 0.05) is 18.6 Å². The monoisotopic (exact) mass is 317 g/mol. The molecule has 2 fully saturated rings. The van der Waals surface area contributed by atoms with Gasteiger partial charge in [-0.25, -0.2) is 0 Å². The van der Waals surface area contributed by atoms with E-state index in [1.165, 1.54) is 12.8 Å². The average molecular weight is 317 g/mol. The highest BCUT2D eigenvalue weighted by Gasteiger charge is 2.68. The molecule has 0 heterocycles. The SMILES string of the molecule is CCO[C@@H]1[C@H](N(CC)C(=O)C2C=CC=C2)[C@H]2CC[C@]1(C)C2(C)C. The molecule has 2 saturated carbocycles. The maximum Gasteiger partial charge on any atom is 0.233 e. The van der Waals surface area contributed by atoms with Crippen molar-refractivity contribution in [1.29, 1.82) is 0 Å². The van der Waals surface area contributed by atoms with Gasteiger partial charge < -0.3 is 9.64 Å². The van der Waals surface area contributed by atoms with E-state index in [1.54, 1.807) is 0 Å². The number of amides is 1. The van der Waals surface area contributed by atoms with E-state index in [1.807, 2.05) is 24.3 Å². The quantitative estimate of drug-likeness (QED) is 0.772. The van der Waals surface area contributed by atoms with Gasteiger partial charge in [-0.05, 0) is 38.0 Å². The largest absolute Gasteiger partial charge is 0.376 e. The topological polar surface area (TPSA) is 29.5 Å². The van der Waals surface area contributed by atoms with E-state index < -0.39 is 0 Å². The summed E-state index contributed by atoms with van der Waals surface area (Å²) in [6.45, 7) is 12.8. The molecule has 0 aromatic carbocycles. The summed E-state index contributed by atoms with van der Waals surface area (Å²) in [5.41, 5.74) is 0.375. The summed E-state index contributed by atoms with van der Waals surface area (Å²) >= 11 is 0. The van der Waals surface area contributed by atoms with Crippen molar-refractivity contribution in [3.63, 3.8) is 0 Å². The van der Waals surface area contributed by atoms with Gasteiger partial charge in [0.25, 0.3) is 0 Å². The third kappa shape index (κ3) is 2.23. The minimum atomic E-state index is -0.0905. The molecule has 0 saturated heterocycles. The van der Waals surface area contributed by atoms with Crippen LogP contribution in [0.1, 0.15) is 47.5 Å². The van der Waals surface area contributed by atoms with E-state index >= 15 is 0 Å². The number of nitrogens with zero attached hydrogens (tertiary/aromatic N) is 1. The Kier molecular flexibility index (Phi) is 4.20. The number of hydrogen-bond donors (Lipinski definition) is 0. The van der Waals surface area contributed by atoms with Gasteiger partial charge in [-0.3, -0.25) is 4.79 Å². The third-order valence-corrected chi connectivity index (χ3v) is 7.09. The molecule has 3 heteroatoms. The first-order valence-corrected chi connectivity index (χ1v) is 9.15. The second-order valence-corrected chi connectivity index (χ2v) is 8.07. The molecule has 0 aromatic rings. The van der Waals surface area contributed by atoms with Crippen LogP contribution in [0.15, 0.2) is 24.3 Å². The molecule has 0 radical (unpaired) electrons. The van der Waals surface area contributed by atoms with Crippen LogP contribution in [-0.2, 0) is 9.53 Å². The molecule has 3 aliphatic rings.